The molecule has 0 radical (unpaired) electrons. The number of hydrogen-bond acceptors (Lipinski definition) is 4. The van der Waals surface area contributed by atoms with Gasteiger partial charge in [-0.25, -0.2) is 4.98 Å². The first-order valence-electron chi connectivity index (χ1n) is 5.86. The Hall–Kier alpha value is -1.66. The molecule has 0 bridgehead atoms. The molecule has 2 rings (SSSR count). The maximum absolute atomic E-state index is 12.4. The minimum absolute atomic E-state index is 0.186. The van der Waals surface area contributed by atoms with Crippen molar-refractivity contribution in [2.45, 2.75) is 6.04 Å². The summed E-state index contributed by atoms with van der Waals surface area (Å²) in [5, 5.41) is 2.77. The van der Waals surface area contributed by atoms with E-state index in [1.165, 1.54) is 11.9 Å². The standard InChI is InChI=1S/C12H14ClN3O3/c1-14-11(17)9-7-19-6-5-16(9)12(18)8-3-2-4-10(13)15-8/h2-4,9H,5-7H2,1H3,(H,14,17). The number of aromatic nitrogens is 1. The van der Waals surface area contributed by atoms with Crippen LogP contribution in [0, 0.1) is 0 Å². The summed E-state index contributed by atoms with van der Waals surface area (Å²) < 4.78 is 5.24. The van der Waals surface area contributed by atoms with Crippen LogP contribution in [0.15, 0.2) is 18.2 Å². The topological polar surface area (TPSA) is 71.5 Å². The highest BCUT2D eigenvalue weighted by Crippen LogP contribution is 2.13. The number of likely N-dealkylation sites (N-methyl/N-ethyl adjacent to an activating group) is 1. The third-order valence-corrected chi connectivity index (χ3v) is 3.08. The molecule has 1 aliphatic rings. The van der Waals surface area contributed by atoms with Gasteiger partial charge in [0.2, 0.25) is 5.91 Å². The molecule has 0 saturated carbocycles. The second-order valence-electron chi connectivity index (χ2n) is 4.05. The molecule has 1 N–H and O–H groups in total. The molecule has 0 aliphatic carbocycles. The summed E-state index contributed by atoms with van der Waals surface area (Å²) in [6.45, 7) is 0.941. The highest BCUT2D eigenvalue weighted by molar-refractivity contribution is 6.29. The van der Waals surface area contributed by atoms with E-state index in [2.05, 4.69) is 10.3 Å². The molecule has 7 heteroatoms. The quantitative estimate of drug-likeness (QED) is 0.794. The van der Waals surface area contributed by atoms with Gasteiger partial charge >= 0.3 is 0 Å². The van der Waals surface area contributed by atoms with Crippen LogP contribution in [0.3, 0.4) is 0 Å². The zero-order chi connectivity index (χ0) is 13.8. The predicted octanol–water partition coefficient (Wildman–Crippen LogP) is 0.322. The van der Waals surface area contributed by atoms with Crippen molar-refractivity contribution in [3.63, 3.8) is 0 Å². The largest absolute Gasteiger partial charge is 0.377 e. The Morgan fingerprint density at radius 1 is 1.53 bits per heavy atom. The van der Waals surface area contributed by atoms with Gasteiger partial charge in [0, 0.05) is 13.6 Å². The molecule has 0 aromatic carbocycles. The first-order valence-corrected chi connectivity index (χ1v) is 6.24. The van der Waals surface area contributed by atoms with Crippen molar-refractivity contribution < 1.29 is 14.3 Å². The van der Waals surface area contributed by atoms with Crippen LogP contribution in [0.4, 0.5) is 0 Å². The maximum Gasteiger partial charge on any atom is 0.273 e. The summed E-state index contributed by atoms with van der Waals surface area (Å²) >= 11 is 5.77. The monoisotopic (exact) mass is 283 g/mol. The van der Waals surface area contributed by atoms with Crippen molar-refractivity contribution >= 4 is 23.4 Å². The summed E-state index contributed by atoms with van der Waals surface area (Å²) in [7, 11) is 1.53. The number of morpholine rings is 1. The van der Waals surface area contributed by atoms with Crippen molar-refractivity contribution in [1.82, 2.24) is 15.2 Å². The smallest absolute Gasteiger partial charge is 0.273 e. The van der Waals surface area contributed by atoms with Crippen LogP contribution >= 0.6 is 11.6 Å². The van der Waals surface area contributed by atoms with E-state index in [1.807, 2.05) is 0 Å². The van der Waals surface area contributed by atoms with E-state index in [-0.39, 0.29) is 29.3 Å². The van der Waals surface area contributed by atoms with Crippen molar-refractivity contribution in [3.05, 3.63) is 29.0 Å². The predicted molar refractivity (Wildman–Crippen MR) is 69.0 cm³/mol. The molecule has 1 aliphatic heterocycles. The average Bonchev–Trinajstić information content (AvgIpc) is 2.45. The van der Waals surface area contributed by atoms with Gasteiger partial charge in [0.05, 0.1) is 13.2 Å². The van der Waals surface area contributed by atoms with E-state index < -0.39 is 6.04 Å². The van der Waals surface area contributed by atoms with Crippen LogP contribution in [0.5, 0.6) is 0 Å². The summed E-state index contributed by atoms with van der Waals surface area (Å²) in [5.74, 6) is -0.575. The molecule has 6 nitrogen and oxygen atoms in total. The second kappa shape index (κ2) is 5.99. The number of ether oxygens (including phenoxy) is 1. The van der Waals surface area contributed by atoms with E-state index in [9.17, 15) is 9.59 Å². The molecular weight excluding hydrogens is 270 g/mol. The van der Waals surface area contributed by atoms with Crippen LogP contribution in [-0.4, -0.2) is 54.5 Å². The zero-order valence-electron chi connectivity index (χ0n) is 10.4. The average molecular weight is 284 g/mol. The summed E-state index contributed by atoms with van der Waals surface area (Å²) in [4.78, 5) is 29.5. The number of carbonyl (C=O) groups excluding carboxylic acids is 2. The lowest BCUT2D eigenvalue weighted by Crippen LogP contribution is -2.55. The Labute approximate surface area is 115 Å². The Kier molecular flexibility index (Phi) is 4.34. The summed E-state index contributed by atoms with van der Waals surface area (Å²) in [6.07, 6.45) is 0. The maximum atomic E-state index is 12.4. The van der Waals surface area contributed by atoms with Gasteiger partial charge in [-0.15, -0.1) is 0 Å². The number of nitrogens with zero attached hydrogens (tertiary/aromatic N) is 2. The van der Waals surface area contributed by atoms with E-state index in [0.717, 1.165) is 0 Å². The summed E-state index contributed by atoms with van der Waals surface area (Å²) in [6, 6.07) is 4.18. The van der Waals surface area contributed by atoms with Gasteiger partial charge in [-0.2, -0.15) is 0 Å². The number of carbonyl (C=O) groups is 2. The molecule has 1 atom stereocenters. The highest BCUT2D eigenvalue weighted by atomic mass is 35.5. The SMILES string of the molecule is CNC(=O)C1COCCN1C(=O)c1cccc(Cl)n1. The van der Waals surface area contributed by atoms with Gasteiger partial charge in [0.1, 0.15) is 16.9 Å². The molecule has 2 heterocycles. The normalized spacial score (nSPS) is 19.1. The van der Waals surface area contributed by atoms with E-state index in [0.29, 0.717) is 13.2 Å². The van der Waals surface area contributed by atoms with Gasteiger partial charge in [0.15, 0.2) is 0 Å². The fourth-order valence-electron chi connectivity index (χ4n) is 1.91. The molecule has 1 aromatic heterocycles. The second-order valence-corrected chi connectivity index (χ2v) is 4.44. The van der Waals surface area contributed by atoms with Gasteiger partial charge in [-0.1, -0.05) is 17.7 Å². The fourth-order valence-corrected chi connectivity index (χ4v) is 2.07. The number of hydrogen-bond donors (Lipinski definition) is 1. The van der Waals surface area contributed by atoms with Gasteiger partial charge < -0.3 is 15.0 Å². The van der Waals surface area contributed by atoms with Crippen molar-refractivity contribution in [1.29, 1.82) is 0 Å². The van der Waals surface area contributed by atoms with Crippen molar-refractivity contribution in [2.24, 2.45) is 0 Å². The van der Waals surface area contributed by atoms with Crippen LogP contribution < -0.4 is 5.32 Å². The lowest BCUT2D eigenvalue weighted by molar-refractivity contribution is -0.130. The Morgan fingerprint density at radius 2 is 2.32 bits per heavy atom. The number of pyridine rings is 1. The molecule has 1 fully saturated rings. The first kappa shape index (κ1) is 13.8. The van der Waals surface area contributed by atoms with E-state index in [4.69, 9.17) is 16.3 Å². The van der Waals surface area contributed by atoms with Crippen LogP contribution in [0.25, 0.3) is 0 Å². The van der Waals surface area contributed by atoms with E-state index >= 15 is 0 Å². The van der Waals surface area contributed by atoms with E-state index in [1.54, 1.807) is 18.2 Å². The highest BCUT2D eigenvalue weighted by Gasteiger charge is 2.33. The minimum Gasteiger partial charge on any atom is -0.377 e. The van der Waals surface area contributed by atoms with Crippen molar-refractivity contribution in [2.75, 3.05) is 26.8 Å². The number of nitrogens with one attached hydrogen (secondary N) is 1. The number of rotatable bonds is 2. The number of amides is 2. The molecule has 102 valence electrons. The number of halogens is 1. The first-order chi connectivity index (χ1) is 9.13. The van der Waals surface area contributed by atoms with Crippen LogP contribution in [0.2, 0.25) is 5.15 Å². The van der Waals surface area contributed by atoms with Gasteiger partial charge in [0.25, 0.3) is 5.91 Å². The molecule has 1 saturated heterocycles. The van der Waals surface area contributed by atoms with Gasteiger partial charge in [-0.05, 0) is 12.1 Å². The molecule has 2 amide bonds. The summed E-state index contributed by atoms with van der Waals surface area (Å²) in [5.41, 5.74) is 0.225. The Morgan fingerprint density at radius 3 is 3.00 bits per heavy atom. The van der Waals surface area contributed by atoms with Crippen LogP contribution in [0.1, 0.15) is 10.5 Å². The fraction of sp³-hybridized carbons (Fsp3) is 0.417. The molecule has 1 unspecified atom stereocenters. The Balaban J connectivity index is 2.22. The van der Waals surface area contributed by atoms with Gasteiger partial charge in [-0.3, -0.25) is 9.59 Å². The molecule has 0 spiro atoms. The lowest BCUT2D eigenvalue weighted by Gasteiger charge is -2.34. The lowest BCUT2D eigenvalue weighted by atomic mass is 10.2. The van der Waals surface area contributed by atoms with Crippen LogP contribution in [-0.2, 0) is 9.53 Å². The Bertz CT molecular complexity index is 495. The third kappa shape index (κ3) is 3.02. The molecular formula is C12H14ClN3O3. The molecule has 19 heavy (non-hydrogen) atoms. The molecule has 1 aromatic rings. The zero-order valence-corrected chi connectivity index (χ0v) is 11.2. The minimum atomic E-state index is -0.632. The van der Waals surface area contributed by atoms with Crippen molar-refractivity contribution in [3.8, 4) is 0 Å². The third-order valence-electron chi connectivity index (χ3n) is 2.87.